The molecule has 0 bridgehead atoms. The van der Waals surface area contributed by atoms with Gasteiger partial charge in [0.05, 0.1) is 26.4 Å². The maximum atomic E-state index is 12.2. The van der Waals surface area contributed by atoms with E-state index in [1.165, 1.54) is 6.08 Å². The number of carbonyl (C=O) groups excluding carboxylic acids is 1. The van der Waals surface area contributed by atoms with Gasteiger partial charge in [0, 0.05) is 6.08 Å². The second kappa shape index (κ2) is 10.3. The molecule has 0 fully saturated rings. The van der Waals surface area contributed by atoms with Gasteiger partial charge in [-0.05, 0) is 62.2 Å². The molecule has 0 unspecified atom stereocenters. The van der Waals surface area contributed by atoms with Crippen molar-refractivity contribution in [3.8, 4) is 17.2 Å². The number of rotatable bonds is 9. The van der Waals surface area contributed by atoms with Crippen molar-refractivity contribution in [3.05, 3.63) is 59.7 Å². The number of amides is 1. The molecule has 0 aliphatic heterocycles. The Morgan fingerprint density at radius 2 is 1.70 bits per heavy atom. The zero-order valence-electron chi connectivity index (χ0n) is 16.3. The van der Waals surface area contributed by atoms with Gasteiger partial charge in [0.15, 0.2) is 11.5 Å². The third-order valence-electron chi connectivity index (χ3n) is 3.97. The largest absolute Gasteiger partial charge is 0.497 e. The number of ether oxygens (including phenoxy) is 3. The minimum atomic E-state index is -0.162. The molecular formula is C22H27NO4. The molecule has 5 nitrogen and oxygen atoms in total. The summed E-state index contributed by atoms with van der Waals surface area (Å²) in [6, 6.07) is 13.1. The minimum Gasteiger partial charge on any atom is -0.497 e. The predicted molar refractivity (Wildman–Crippen MR) is 107 cm³/mol. The molecule has 0 aliphatic rings. The number of hydrogen-bond donors (Lipinski definition) is 1. The fourth-order valence-electron chi connectivity index (χ4n) is 2.57. The molecule has 0 heterocycles. The molecule has 2 aromatic carbocycles. The Bertz CT molecular complexity index is 768. The highest BCUT2D eigenvalue weighted by Crippen LogP contribution is 2.30. The Morgan fingerprint density at radius 1 is 1.04 bits per heavy atom. The number of hydrogen-bond acceptors (Lipinski definition) is 4. The summed E-state index contributed by atoms with van der Waals surface area (Å²) >= 11 is 0. The van der Waals surface area contributed by atoms with Crippen molar-refractivity contribution >= 4 is 12.0 Å². The molecule has 2 aromatic rings. The molecule has 27 heavy (non-hydrogen) atoms. The van der Waals surface area contributed by atoms with Crippen LogP contribution in [0.15, 0.2) is 48.5 Å². The maximum absolute atomic E-state index is 12.2. The van der Waals surface area contributed by atoms with E-state index in [2.05, 4.69) is 5.32 Å². The summed E-state index contributed by atoms with van der Waals surface area (Å²) in [7, 11) is 1.62. The molecule has 1 atom stereocenters. The standard InChI is InChI=1S/C22H27NO4/c1-5-26-20-13-10-18(15-21(20)27-6-2)16(3)23-22(24)14-9-17-7-11-19(25-4)12-8-17/h7-16H,5-6H2,1-4H3,(H,23,24)/b14-9+/t16-/m1/s1. The van der Waals surface area contributed by atoms with Crippen molar-refractivity contribution in [2.45, 2.75) is 26.8 Å². The van der Waals surface area contributed by atoms with Gasteiger partial charge in [0.2, 0.25) is 5.91 Å². The summed E-state index contributed by atoms with van der Waals surface area (Å²) in [5.41, 5.74) is 1.88. The predicted octanol–water partition coefficient (Wildman–Crippen LogP) is 4.38. The molecule has 0 radical (unpaired) electrons. The fourth-order valence-corrected chi connectivity index (χ4v) is 2.57. The van der Waals surface area contributed by atoms with Crippen LogP contribution in [0.2, 0.25) is 0 Å². The van der Waals surface area contributed by atoms with Crippen LogP contribution in [0, 0.1) is 0 Å². The van der Waals surface area contributed by atoms with Gasteiger partial charge in [0.25, 0.3) is 0 Å². The molecule has 5 heteroatoms. The lowest BCUT2D eigenvalue weighted by Gasteiger charge is -2.17. The van der Waals surface area contributed by atoms with Crippen LogP contribution in [0.5, 0.6) is 17.2 Å². The molecular weight excluding hydrogens is 342 g/mol. The lowest BCUT2D eigenvalue weighted by Crippen LogP contribution is -2.24. The summed E-state index contributed by atoms with van der Waals surface area (Å²) in [5, 5.41) is 2.96. The van der Waals surface area contributed by atoms with Crippen molar-refractivity contribution < 1.29 is 19.0 Å². The Morgan fingerprint density at radius 3 is 2.33 bits per heavy atom. The van der Waals surface area contributed by atoms with Crippen molar-refractivity contribution in [1.29, 1.82) is 0 Å². The van der Waals surface area contributed by atoms with Gasteiger partial charge in [-0.1, -0.05) is 18.2 Å². The molecule has 0 aliphatic carbocycles. The van der Waals surface area contributed by atoms with Crippen molar-refractivity contribution in [3.63, 3.8) is 0 Å². The highest BCUT2D eigenvalue weighted by molar-refractivity contribution is 5.92. The molecule has 1 N–H and O–H groups in total. The van der Waals surface area contributed by atoms with E-state index < -0.39 is 0 Å². The second-order valence-corrected chi connectivity index (χ2v) is 5.91. The number of benzene rings is 2. The van der Waals surface area contributed by atoms with Crippen LogP contribution < -0.4 is 19.5 Å². The smallest absolute Gasteiger partial charge is 0.244 e. The van der Waals surface area contributed by atoms with E-state index in [4.69, 9.17) is 14.2 Å². The molecule has 0 spiro atoms. The molecule has 0 saturated carbocycles. The van der Waals surface area contributed by atoms with Gasteiger partial charge in [-0.2, -0.15) is 0 Å². The van der Waals surface area contributed by atoms with Crippen LogP contribution in [0.4, 0.5) is 0 Å². The van der Waals surface area contributed by atoms with E-state index in [1.807, 2.05) is 63.2 Å². The van der Waals surface area contributed by atoms with E-state index in [0.717, 1.165) is 16.9 Å². The van der Waals surface area contributed by atoms with Crippen LogP contribution in [-0.2, 0) is 4.79 Å². The van der Waals surface area contributed by atoms with Crippen LogP contribution in [0.3, 0.4) is 0 Å². The number of carbonyl (C=O) groups is 1. The van der Waals surface area contributed by atoms with Crippen molar-refractivity contribution in [2.75, 3.05) is 20.3 Å². The van der Waals surface area contributed by atoms with Gasteiger partial charge >= 0.3 is 0 Å². The van der Waals surface area contributed by atoms with E-state index in [-0.39, 0.29) is 11.9 Å². The first-order valence-electron chi connectivity index (χ1n) is 9.09. The maximum Gasteiger partial charge on any atom is 0.244 e. The lowest BCUT2D eigenvalue weighted by atomic mass is 10.1. The lowest BCUT2D eigenvalue weighted by molar-refractivity contribution is -0.117. The van der Waals surface area contributed by atoms with Crippen molar-refractivity contribution in [1.82, 2.24) is 5.32 Å². The Kier molecular flexibility index (Phi) is 7.74. The minimum absolute atomic E-state index is 0.159. The quantitative estimate of drug-likeness (QED) is 0.666. The van der Waals surface area contributed by atoms with Gasteiger partial charge in [-0.25, -0.2) is 0 Å². The normalized spacial score (nSPS) is 11.9. The van der Waals surface area contributed by atoms with Crippen LogP contribution in [0.1, 0.15) is 37.9 Å². The van der Waals surface area contributed by atoms with Crippen molar-refractivity contribution in [2.24, 2.45) is 0 Å². The molecule has 144 valence electrons. The van der Waals surface area contributed by atoms with E-state index in [9.17, 15) is 4.79 Å². The summed E-state index contributed by atoms with van der Waals surface area (Å²) in [4.78, 5) is 12.2. The third-order valence-corrected chi connectivity index (χ3v) is 3.97. The van der Waals surface area contributed by atoms with Gasteiger partial charge in [-0.15, -0.1) is 0 Å². The molecule has 0 aromatic heterocycles. The number of nitrogens with one attached hydrogen (secondary N) is 1. The SMILES string of the molecule is CCOc1ccc([C@@H](C)NC(=O)/C=C/c2ccc(OC)cc2)cc1OCC. The Labute approximate surface area is 161 Å². The second-order valence-electron chi connectivity index (χ2n) is 5.91. The van der Waals surface area contributed by atoms with E-state index in [1.54, 1.807) is 13.2 Å². The summed E-state index contributed by atoms with van der Waals surface area (Å²) in [5.74, 6) is 2.02. The van der Waals surface area contributed by atoms with Crippen LogP contribution >= 0.6 is 0 Å². The summed E-state index contributed by atoms with van der Waals surface area (Å²) in [6.45, 7) is 6.92. The average molecular weight is 369 g/mol. The van der Waals surface area contributed by atoms with E-state index >= 15 is 0 Å². The highest BCUT2D eigenvalue weighted by Gasteiger charge is 2.12. The van der Waals surface area contributed by atoms with Crippen LogP contribution in [-0.4, -0.2) is 26.2 Å². The Hall–Kier alpha value is -2.95. The fraction of sp³-hybridized carbons (Fsp3) is 0.318. The Balaban J connectivity index is 2.02. The molecule has 2 rings (SSSR count). The summed E-state index contributed by atoms with van der Waals surface area (Å²) in [6.07, 6.45) is 3.29. The first-order chi connectivity index (χ1) is 13.1. The van der Waals surface area contributed by atoms with Crippen LogP contribution in [0.25, 0.3) is 6.08 Å². The molecule has 1 amide bonds. The first-order valence-corrected chi connectivity index (χ1v) is 9.09. The van der Waals surface area contributed by atoms with Gasteiger partial charge in [0.1, 0.15) is 5.75 Å². The highest BCUT2D eigenvalue weighted by atomic mass is 16.5. The van der Waals surface area contributed by atoms with Gasteiger partial charge in [-0.3, -0.25) is 4.79 Å². The summed E-state index contributed by atoms with van der Waals surface area (Å²) < 4.78 is 16.3. The first kappa shape index (κ1) is 20.4. The zero-order valence-corrected chi connectivity index (χ0v) is 16.3. The van der Waals surface area contributed by atoms with E-state index in [0.29, 0.717) is 24.7 Å². The zero-order chi connectivity index (χ0) is 19.6. The molecule has 0 saturated heterocycles. The number of methoxy groups -OCH3 is 1. The topological polar surface area (TPSA) is 56.8 Å². The van der Waals surface area contributed by atoms with Gasteiger partial charge < -0.3 is 19.5 Å². The average Bonchev–Trinajstić information content (AvgIpc) is 2.68. The monoisotopic (exact) mass is 369 g/mol. The third kappa shape index (κ3) is 6.06.